The molecule has 4 rings (SSSR count). The van der Waals surface area contributed by atoms with Gasteiger partial charge in [0.15, 0.2) is 0 Å². The maximum atomic E-state index is 13.5. The van der Waals surface area contributed by atoms with Gasteiger partial charge in [0.25, 0.3) is 11.5 Å². The number of pyridine rings is 1. The zero-order valence-electron chi connectivity index (χ0n) is 23.0. The lowest BCUT2D eigenvalue weighted by molar-refractivity contribution is -0.136. The summed E-state index contributed by atoms with van der Waals surface area (Å²) in [7, 11) is 1.49. The summed E-state index contributed by atoms with van der Waals surface area (Å²) in [5.74, 6) is 0.495. The molecule has 3 heterocycles. The Morgan fingerprint density at radius 2 is 1.90 bits per heavy atom. The van der Waals surface area contributed by atoms with E-state index in [4.69, 9.17) is 4.74 Å². The zero-order valence-corrected chi connectivity index (χ0v) is 23.0. The first-order valence-electron chi connectivity index (χ1n) is 13.4. The lowest BCUT2D eigenvalue weighted by atomic mass is 9.89. The van der Waals surface area contributed by atoms with E-state index in [2.05, 4.69) is 26.7 Å². The van der Waals surface area contributed by atoms with Gasteiger partial charge in [-0.3, -0.25) is 9.59 Å². The van der Waals surface area contributed by atoms with E-state index in [1.54, 1.807) is 13.0 Å². The predicted octanol–water partition coefficient (Wildman–Crippen LogP) is 5.50. The largest absolute Gasteiger partial charge is 0.496 e. The topological polar surface area (TPSA) is 79.4 Å². The highest BCUT2D eigenvalue weighted by Gasteiger charge is 2.30. The van der Waals surface area contributed by atoms with Crippen LogP contribution in [0.15, 0.2) is 35.1 Å². The van der Waals surface area contributed by atoms with Crippen LogP contribution in [0.3, 0.4) is 0 Å². The van der Waals surface area contributed by atoms with Crippen molar-refractivity contribution in [3.8, 4) is 5.75 Å². The number of piperidine rings is 1. The monoisotopic (exact) mass is 546 g/mol. The number of halogens is 3. The van der Waals surface area contributed by atoms with Crippen LogP contribution in [0, 0.1) is 19.8 Å². The molecule has 1 aliphatic rings. The second-order valence-corrected chi connectivity index (χ2v) is 10.5. The molecule has 3 aromatic rings. The Kier molecular flexibility index (Phi) is 8.73. The lowest BCUT2D eigenvalue weighted by Crippen LogP contribution is -2.37. The second-order valence-electron chi connectivity index (χ2n) is 10.5. The minimum Gasteiger partial charge on any atom is -0.496 e. The Morgan fingerprint density at radius 3 is 2.56 bits per heavy atom. The number of fused-ring (bicyclic) bond motifs is 1. The molecule has 10 heteroatoms. The molecule has 1 aromatic carbocycles. The van der Waals surface area contributed by atoms with E-state index in [0.717, 1.165) is 42.5 Å². The number of amides is 1. The van der Waals surface area contributed by atoms with Crippen molar-refractivity contribution in [2.45, 2.75) is 65.2 Å². The number of likely N-dealkylation sites (tertiary alicyclic amines) is 1. The number of carbonyl (C=O) groups excluding carboxylic acids is 1. The quantitative estimate of drug-likeness (QED) is 0.372. The fourth-order valence-electron chi connectivity index (χ4n) is 5.87. The molecule has 1 atom stereocenters. The van der Waals surface area contributed by atoms with Crippen LogP contribution in [-0.4, -0.2) is 53.3 Å². The summed E-state index contributed by atoms with van der Waals surface area (Å²) in [5, 5.41) is 3.75. The summed E-state index contributed by atoms with van der Waals surface area (Å²) in [6.07, 6.45) is -2.95. The fourth-order valence-corrected chi connectivity index (χ4v) is 5.87. The van der Waals surface area contributed by atoms with Crippen LogP contribution in [0.2, 0.25) is 0 Å². The lowest BCUT2D eigenvalue weighted by Gasteiger charge is -2.36. The summed E-state index contributed by atoms with van der Waals surface area (Å²) < 4.78 is 45.1. The van der Waals surface area contributed by atoms with Crippen molar-refractivity contribution in [3.63, 3.8) is 0 Å². The molecule has 1 saturated heterocycles. The van der Waals surface area contributed by atoms with E-state index in [1.807, 2.05) is 31.2 Å². The molecule has 0 saturated carbocycles. The van der Waals surface area contributed by atoms with Crippen LogP contribution in [-0.2, 0) is 6.54 Å². The predicted molar refractivity (Wildman–Crippen MR) is 145 cm³/mol. The highest BCUT2D eigenvalue weighted by Crippen LogP contribution is 2.36. The van der Waals surface area contributed by atoms with Crippen LogP contribution in [0.1, 0.15) is 66.0 Å². The number of hydrogen-bond acceptors (Lipinski definition) is 4. The zero-order chi connectivity index (χ0) is 28.3. The standard InChI is InChI=1S/C29H37F3N4O3/c1-18-16-25(39-4)23(27(37)34-18)17-33-28(38)26-20(3)36(24-9-6-5-8-22(24)26)19(2)21-10-14-35(15-11-21)13-7-12-29(30,31)32/h5-6,8-9,16,19,21H,7,10-15,17H2,1-4H3,(H,33,38)(H,34,37)/t19-/m1/s1. The number of carbonyl (C=O) groups is 1. The summed E-state index contributed by atoms with van der Waals surface area (Å²) >= 11 is 0. The third-order valence-electron chi connectivity index (χ3n) is 7.91. The number of ether oxygens (including phenoxy) is 1. The van der Waals surface area contributed by atoms with Gasteiger partial charge in [-0.25, -0.2) is 0 Å². The molecule has 0 bridgehead atoms. The third kappa shape index (κ3) is 6.49. The van der Waals surface area contributed by atoms with E-state index in [0.29, 0.717) is 35.0 Å². The molecule has 0 unspecified atom stereocenters. The number of H-pyrrole nitrogens is 1. The van der Waals surface area contributed by atoms with Crippen molar-refractivity contribution in [2.75, 3.05) is 26.7 Å². The minimum atomic E-state index is -4.11. The molecular weight excluding hydrogens is 509 g/mol. The first-order chi connectivity index (χ1) is 18.5. The van der Waals surface area contributed by atoms with Crippen molar-refractivity contribution >= 4 is 16.8 Å². The normalized spacial score (nSPS) is 16.0. The second kappa shape index (κ2) is 11.9. The molecular formula is C29H37F3N4O3. The van der Waals surface area contributed by atoms with Crippen LogP contribution >= 0.6 is 0 Å². The van der Waals surface area contributed by atoms with Gasteiger partial charge >= 0.3 is 6.18 Å². The molecule has 1 aliphatic heterocycles. The van der Waals surface area contributed by atoms with Crippen molar-refractivity contribution in [1.82, 2.24) is 19.8 Å². The molecule has 0 aliphatic carbocycles. The van der Waals surface area contributed by atoms with Gasteiger partial charge in [-0.15, -0.1) is 0 Å². The van der Waals surface area contributed by atoms with E-state index >= 15 is 0 Å². The molecule has 7 nitrogen and oxygen atoms in total. The van der Waals surface area contributed by atoms with Crippen molar-refractivity contribution < 1.29 is 22.7 Å². The number of rotatable bonds is 9. The molecule has 0 spiro atoms. The number of hydrogen-bond donors (Lipinski definition) is 2. The Hall–Kier alpha value is -3.27. The number of para-hydroxylation sites is 1. The molecule has 212 valence electrons. The van der Waals surface area contributed by atoms with E-state index in [9.17, 15) is 22.8 Å². The summed E-state index contributed by atoms with van der Waals surface area (Å²) in [6.45, 7) is 7.89. The van der Waals surface area contributed by atoms with Crippen LogP contribution in [0.25, 0.3) is 10.9 Å². The molecule has 0 radical (unpaired) electrons. The Labute approximate surface area is 226 Å². The first-order valence-corrected chi connectivity index (χ1v) is 13.4. The number of benzene rings is 1. The van der Waals surface area contributed by atoms with Gasteiger partial charge in [-0.05, 0) is 77.7 Å². The van der Waals surface area contributed by atoms with Crippen LogP contribution in [0.4, 0.5) is 13.2 Å². The van der Waals surface area contributed by atoms with Crippen molar-refractivity contribution in [3.05, 3.63) is 63.2 Å². The van der Waals surface area contributed by atoms with Gasteiger partial charge in [0.05, 0.1) is 24.8 Å². The number of methoxy groups -OCH3 is 1. The molecule has 2 aromatic heterocycles. The molecule has 2 N–H and O–H groups in total. The Balaban J connectivity index is 1.50. The average molecular weight is 547 g/mol. The maximum Gasteiger partial charge on any atom is 0.389 e. The van der Waals surface area contributed by atoms with E-state index < -0.39 is 12.6 Å². The Morgan fingerprint density at radius 1 is 1.21 bits per heavy atom. The molecule has 1 amide bonds. The smallest absolute Gasteiger partial charge is 0.389 e. The molecule has 1 fully saturated rings. The summed E-state index contributed by atoms with van der Waals surface area (Å²) in [5.41, 5.74) is 3.11. The number of aromatic amines is 1. The summed E-state index contributed by atoms with van der Waals surface area (Å²) in [6, 6.07) is 9.63. The highest BCUT2D eigenvalue weighted by atomic mass is 19.4. The van der Waals surface area contributed by atoms with Crippen molar-refractivity contribution in [2.24, 2.45) is 5.92 Å². The highest BCUT2D eigenvalue weighted by molar-refractivity contribution is 6.08. The van der Waals surface area contributed by atoms with Gasteiger partial charge in [-0.1, -0.05) is 18.2 Å². The number of aryl methyl sites for hydroxylation is 1. The number of nitrogens with zero attached hydrogens (tertiary/aromatic N) is 2. The van der Waals surface area contributed by atoms with E-state index in [-0.39, 0.29) is 30.5 Å². The number of alkyl halides is 3. The van der Waals surface area contributed by atoms with E-state index in [1.165, 1.54) is 7.11 Å². The fraction of sp³-hybridized carbons (Fsp3) is 0.517. The number of nitrogens with one attached hydrogen (secondary N) is 2. The average Bonchev–Trinajstić information content (AvgIpc) is 3.18. The van der Waals surface area contributed by atoms with Gasteiger partial charge in [-0.2, -0.15) is 13.2 Å². The maximum absolute atomic E-state index is 13.5. The van der Waals surface area contributed by atoms with Gasteiger partial charge in [0.1, 0.15) is 5.75 Å². The minimum absolute atomic E-state index is 0.0267. The molecule has 39 heavy (non-hydrogen) atoms. The third-order valence-corrected chi connectivity index (χ3v) is 7.91. The van der Waals surface area contributed by atoms with Crippen LogP contribution in [0.5, 0.6) is 5.75 Å². The SMILES string of the molecule is COc1cc(C)[nH]c(=O)c1CNC(=O)c1c(C)n([C@H](C)C2CCN(CCCC(F)(F)F)CC2)c2ccccc12. The summed E-state index contributed by atoms with van der Waals surface area (Å²) in [4.78, 5) is 30.9. The van der Waals surface area contributed by atoms with Gasteiger partial charge < -0.3 is 24.5 Å². The van der Waals surface area contributed by atoms with Crippen molar-refractivity contribution in [1.29, 1.82) is 0 Å². The van der Waals surface area contributed by atoms with Crippen LogP contribution < -0.4 is 15.6 Å². The Bertz CT molecular complexity index is 1370. The number of aromatic nitrogens is 2. The van der Waals surface area contributed by atoms with Gasteiger partial charge in [0, 0.05) is 34.8 Å². The first kappa shape index (κ1) is 28.7. The van der Waals surface area contributed by atoms with Gasteiger partial charge in [0.2, 0.25) is 0 Å².